The van der Waals surface area contributed by atoms with Gasteiger partial charge in [0, 0.05) is 12.8 Å². The third-order valence-electron chi connectivity index (χ3n) is 18.4. The highest BCUT2D eigenvalue weighted by atomic mass is 16.5. The van der Waals surface area contributed by atoms with E-state index < -0.39 is 12.1 Å². The Balaban J connectivity index is 3.38. The van der Waals surface area contributed by atoms with Gasteiger partial charge >= 0.3 is 5.97 Å². The number of carbonyl (C=O) groups excluding carboxylic acids is 2. The van der Waals surface area contributed by atoms with Crippen LogP contribution in [0, 0.1) is 0 Å². The SMILES string of the molecule is CCCCCCCC/C=C\CCCCCCCCCCCC(=O)OCCCCCCCCCCCCCC/C=C\CCCCCCCCCCCCCCCC(=O)NC(CO)C(O)/C=C/CCCCCCCCCCCCCCCCCCCCC. The van der Waals surface area contributed by atoms with Crippen molar-refractivity contribution in [2.24, 2.45) is 0 Å². The van der Waals surface area contributed by atoms with Gasteiger partial charge in [-0.1, -0.05) is 378 Å². The minimum Gasteiger partial charge on any atom is -0.466 e. The lowest BCUT2D eigenvalue weighted by atomic mass is 10.0. The molecular weight excluding hydrogens is 1050 g/mol. The molecule has 0 heterocycles. The van der Waals surface area contributed by atoms with E-state index in [9.17, 15) is 19.8 Å². The Morgan fingerprint density at radius 1 is 0.314 bits per heavy atom. The number of rotatable bonds is 74. The van der Waals surface area contributed by atoms with Crippen LogP contribution in [0.1, 0.15) is 438 Å². The Morgan fingerprint density at radius 3 is 0.826 bits per heavy atom. The molecule has 0 aromatic heterocycles. The minimum atomic E-state index is -0.845. The number of hydrogen-bond donors (Lipinski definition) is 3. The predicted molar refractivity (Wildman–Crippen MR) is 379 cm³/mol. The molecule has 86 heavy (non-hydrogen) atoms. The molecule has 0 aliphatic carbocycles. The van der Waals surface area contributed by atoms with Crippen molar-refractivity contribution < 1.29 is 24.5 Å². The quantitative estimate of drug-likeness (QED) is 0.0320. The second-order valence-corrected chi connectivity index (χ2v) is 27.0. The van der Waals surface area contributed by atoms with Crippen LogP contribution < -0.4 is 5.32 Å². The van der Waals surface area contributed by atoms with Gasteiger partial charge in [-0.3, -0.25) is 9.59 Å². The summed E-state index contributed by atoms with van der Waals surface area (Å²) in [5, 5.41) is 23.3. The van der Waals surface area contributed by atoms with Crippen LogP contribution in [-0.4, -0.2) is 47.4 Å². The van der Waals surface area contributed by atoms with Crippen LogP contribution in [0.15, 0.2) is 36.5 Å². The Hall–Kier alpha value is -1.92. The lowest BCUT2D eigenvalue weighted by Gasteiger charge is -2.20. The standard InChI is InChI=1S/C80H153NO5/c1-3-5-7-9-11-13-15-17-19-21-23-33-37-40-44-48-52-56-60-64-68-72-78(83)77(76-82)81-79(84)73-69-65-61-57-53-49-45-41-38-34-31-29-27-25-24-26-28-30-32-35-39-43-47-51-55-59-63-67-71-75-86-80(85)74-70-66-62-58-54-50-46-42-36-22-20-18-16-14-12-10-8-6-4-2/h18,20,24,26,68,72,77-78,82-83H,3-17,19,21-23,25,27-67,69-71,73-76H2,1-2H3,(H,81,84)/b20-18-,26-24-,72-68+. The van der Waals surface area contributed by atoms with Crippen molar-refractivity contribution in [3.63, 3.8) is 0 Å². The van der Waals surface area contributed by atoms with Crippen molar-refractivity contribution in [1.82, 2.24) is 5.32 Å². The molecule has 0 aliphatic heterocycles. The average Bonchev–Trinajstić information content (AvgIpc) is 3.54. The van der Waals surface area contributed by atoms with E-state index in [0.717, 1.165) is 38.5 Å². The number of ether oxygens (including phenoxy) is 1. The van der Waals surface area contributed by atoms with Gasteiger partial charge in [-0.2, -0.15) is 0 Å². The molecule has 0 fully saturated rings. The summed E-state index contributed by atoms with van der Waals surface area (Å²) >= 11 is 0. The molecule has 0 saturated heterocycles. The van der Waals surface area contributed by atoms with E-state index in [4.69, 9.17) is 4.74 Å². The van der Waals surface area contributed by atoms with Crippen LogP contribution in [-0.2, 0) is 14.3 Å². The summed E-state index contributed by atoms with van der Waals surface area (Å²) in [6.07, 6.45) is 98.3. The van der Waals surface area contributed by atoms with Gasteiger partial charge in [0.2, 0.25) is 5.91 Å². The predicted octanol–water partition coefficient (Wildman–Crippen LogP) is 25.8. The zero-order valence-electron chi connectivity index (χ0n) is 58.3. The summed E-state index contributed by atoms with van der Waals surface area (Å²) in [5.74, 6) is -0.0463. The summed E-state index contributed by atoms with van der Waals surface area (Å²) in [6.45, 7) is 4.95. The first-order valence-corrected chi connectivity index (χ1v) is 39.3. The normalized spacial score (nSPS) is 12.7. The lowest BCUT2D eigenvalue weighted by Crippen LogP contribution is -2.45. The molecule has 0 aromatic rings. The molecule has 6 heteroatoms. The Morgan fingerprint density at radius 2 is 0.547 bits per heavy atom. The van der Waals surface area contributed by atoms with E-state index in [1.165, 1.54) is 372 Å². The molecule has 2 unspecified atom stereocenters. The van der Waals surface area contributed by atoms with E-state index in [1.807, 2.05) is 6.08 Å². The largest absolute Gasteiger partial charge is 0.466 e. The van der Waals surface area contributed by atoms with Gasteiger partial charge in [0.1, 0.15) is 0 Å². The Kier molecular flexibility index (Phi) is 73.9. The summed E-state index contributed by atoms with van der Waals surface area (Å²) in [5.41, 5.74) is 0. The molecule has 6 nitrogen and oxygen atoms in total. The van der Waals surface area contributed by atoms with Gasteiger partial charge in [0.25, 0.3) is 0 Å². The van der Waals surface area contributed by atoms with Crippen LogP contribution in [0.3, 0.4) is 0 Å². The maximum Gasteiger partial charge on any atom is 0.305 e. The highest BCUT2D eigenvalue weighted by Crippen LogP contribution is 2.19. The van der Waals surface area contributed by atoms with E-state index in [0.29, 0.717) is 19.4 Å². The van der Waals surface area contributed by atoms with Gasteiger partial charge in [-0.05, 0) is 83.5 Å². The van der Waals surface area contributed by atoms with Crippen molar-refractivity contribution >= 4 is 11.9 Å². The summed E-state index contributed by atoms with van der Waals surface area (Å²) in [7, 11) is 0. The third kappa shape index (κ3) is 71.2. The zero-order valence-corrected chi connectivity index (χ0v) is 58.3. The fourth-order valence-electron chi connectivity index (χ4n) is 12.4. The van der Waals surface area contributed by atoms with Crippen molar-refractivity contribution in [1.29, 1.82) is 0 Å². The second-order valence-electron chi connectivity index (χ2n) is 27.0. The molecule has 2 atom stereocenters. The van der Waals surface area contributed by atoms with Gasteiger partial charge in [0.15, 0.2) is 0 Å². The summed E-state index contributed by atoms with van der Waals surface area (Å²) < 4.78 is 5.51. The maximum absolute atomic E-state index is 12.5. The number of nitrogens with one attached hydrogen (secondary N) is 1. The first kappa shape index (κ1) is 84.1. The first-order chi connectivity index (χ1) is 42.5. The molecule has 0 saturated carbocycles. The van der Waals surface area contributed by atoms with Crippen LogP contribution >= 0.6 is 0 Å². The van der Waals surface area contributed by atoms with Gasteiger partial charge in [-0.25, -0.2) is 0 Å². The minimum absolute atomic E-state index is 0.0166. The first-order valence-electron chi connectivity index (χ1n) is 39.3. The lowest BCUT2D eigenvalue weighted by molar-refractivity contribution is -0.143. The van der Waals surface area contributed by atoms with Crippen molar-refractivity contribution in [3.8, 4) is 0 Å². The molecule has 0 rings (SSSR count). The fraction of sp³-hybridized carbons (Fsp3) is 0.900. The number of hydrogen-bond acceptors (Lipinski definition) is 5. The van der Waals surface area contributed by atoms with E-state index in [-0.39, 0.29) is 18.5 Å². The number of carbonyl (C=O) groups is 2. The monoisotopic (exact) mass is 1210 g/mol. The van der Waals surface area contributed by atoms with Crippen LogP contribution in [0.5, 0.6) is 0 Å². The highest BCUT2D eigenvalue weighted by molar-refractivity contribution is 5.76. The Labute approximate surface area is 538 Å². The van der Waals surface area contributed by atoms with E-state index in [2.05, 4.69) is 43.5 Å². The number of amides is 1. The third-order valence-corrected chi connectivity index (χ3v) is 18.4. The van der Waals surface area contributed by atoms with Gasteiger partial charge in [0.05, 0.1) is 25.4 Å². The van der Waals surface area contributed by atoms with E-state index in [1.54, 1.807) is 6.08 Å². The molecule has 3 N–H and O–H groups in total. The van der Waals surface area contributed by atoms with Crippen molar-refractivity contribution in [2.45, 2.75) is 450 Å². The summed E-state index contributed by atoms with van der Waals surface area (Å²) in [6, 6.07) is -0.629. The van der Waals surface area contributed by atoms with Crippen molar-refractivity contribution in [2.75, 3.05) is 13.2 Å². The molecule has 0 radical (unpaired) electrons. The number of allylic oxidation sites excluding steroid dienone is 5. The average molecular weight is 1210 g/mol. The number of aliphatic hydroxyl groups excluding tert-OH is 2. The molecule has 0 aromatic carbocycles. The van der Waals surface area contributed by atoms with Crippen LogP contribution in [0.25, 0.3) is 0 Å². The number of esters is 1. The van der Waals surface area contributed by atoms with Gasteiger partial charge < -0.3 is 20.3 Å². The number of unbranched alkanes of at least 4 members (excludes halogenated alkanes) is 59. The topological polar surface area (TPSA) is 95.9 Å². The van der Waals surface area contributed by atoms with E-state index >= 15 is 0 Å². The molecular formula is C80H153NO5. The molecule has 1 amide bonds. The van der Waals surface area contributed by atoms with Crippen LogP contribution in [0.4, 0.5) is 0 Å². The smallest absolute Gasteiger partial charge is 0.305 e. The summed E-state index contributed by atoms with van der Waals surface area (Å²) in [4.78, 5) is 24.7. The highest BCUT2D eigenvalue weighted by Gasteiger charge is 2.18. The zero-order chi connectivity index (χ0) is 62.0. The van der Waals surface area contributed by atoms with Crippen LogP contribution in [0.2, 0.25) is 0 Å². The molecule has 0 aliphatic rings. The molecule has 0 bridgehead atoms. The maximum atomic E-state index is 12.5. The Bertz CT molecular complexity index is 1390. The fourth-order valence-corrected chi connectivity index (χ4v) is 12.4. The molecule has 508 valence electrons. The molecule has 0 spiro atoms. The second kappa shape index (κ2) is 75.5. The number of aliphatic hydroxyl groups is 2. The van der Waals surface area contributed by atoms with Crippen molar-refractivity contribution in [3.05, 3.63) is 36.5 Å². The van der Waals surface area contributed by atoms with Gasteiger partial charge in [-0.15, -0.1) is 0 Å².